The van der Waals surface area contributed by atoms with E-state index in [1.165, 1.54) is 24.3 Å². The van der Waals surface area contributed by atoms with Gasteiger partial charge in [0, 0.05) is 5.69 Å². The molecule has 126 valence electrons. The van der Waals surface area contributed by atoms with Crippen molar-refractivity contribution in [3.05, 3.63) is 53.6 Å². The maximum Gasteiger partial charge on any atom is 0.418 e. The number of para-hydroxylation sites is 1. The Labute approximate surface area is 131 Å². The summed E-state index contributed by atoms with van der Waals surface area (Å²) < 4.78 is 76.3. The maximum absolute atomic E-state index is 12.9. The number of hydrogen-bond donors (Lipinski definition) is 2. The molecule has 0 bridgehead atoms. The highest BCUT2D eigenvalue weighted by Crippen LogP contribution is 2.35. The Bertz CT molecular complexity index is 862. The number of imidazole rings is 1. The van der Waals surface area contributed by atoms with Crippen LogP contribution in [-0.2, 0) is 12.4 Å². The number of benzene rings is 2. The quantitative estimate of drug-likeness (QED) is 0.615. The van der Waals surface area contributed by atoms with Gasteiger partial charge in [-0.15, -0.1) is 0 Å². The highest BCUT2D eigenvalue weighted by Gasteiger charge is 2.33. The van der Waals surface area contributed by atoms with Gasteiger partial charge in [0.2, 0.25) is 5.95 Å². The van der Waals surface area contributed by atoms with Crippen molar-refractivity contribution in [3.8, 4) is 0 Å². The number of aromatic nitrogens is 2. The molecule has 2 aromatic carbocycles. The number of aromatic amines is 1. The van der Waals surface area contributed by atoms with Crippen LogP contribution in [0.25, 0.3) is 11.0 Å². The number of alkyl halides is 6. The van der Waals surface area contributed by atoms with E-state index in [0.29, 0.717) is 0 Å². The summed E-state index contributed by atoms with van der Waals surface area (Å²) in [6, 6.07) is 7.64. The van der Waals surface area contributed by atoms with E-state index in [1.807, 2.05) is 0 Å². The zero-order valence-corrected chi connectivity index (χ0v) is 11.8. The van der Waals surface area contributed by atoms with Crippen molar-refractivity contribution in [2.45, 2.75) is 12.4 Å². The third-order valence-electron chi connectivity index (χ3n) is 3.29. The molecular weight excluding hydrogens is 336 g/mol. The largest absolute Gasteiger partial charge is 0.418 e. The molecule has 0 atom stereocenters. The SMILES string of the molecule is FC(F)(F)c1ccc(Nc2nc3c(C(F)(F)F)cccc3[nH]2)cc1. The van der Waals surface area contributed by atoms with Crippen LogP contribution in [0.5, 0.6) is 0 Å². The summed E-state index contributed by atoms with van der Waals surface area (Å²) in [5.41, 5.74) is -1.55. The first-order valence-corrected chi connectivity index (χ1v) is 6.65. The van der Waals surface area contributed by atoms with Gasteiger partial charge in [0.1, 0.15) is 5.52 Å². The Hall–Kier alpha value is -2.71. The summed E-state index contributed by atoms with van der Waals surface area (Å²) in [6.45, 7) is 0. The summed E-state index contributed by atoms with van der Waals surface area (Å²) in [7, 11) is 0. The topological polar surface area (TPSA) is 40.7 Å². The molecule has 0 aliphatic heterocycles. The van der Waals surface area contributed by atoms with Crippen LogP contribution < -0.4 is 5.32 Å². The fourth-order valence-corrected chi connectivity index (χ4v) is 2.20. The van der Waals surface area contributed by atoms with Crippen molar-refractivity contribution >= 4 is 22.7 Å². The van der Waals surface area contributed by atoms with Crippen LogP contribution in [0.2, 0.25) is 0 Å². The van der Waals surface area contributed by atoms with Crippen molar-refractivity contribution in [3.63, 3.8) is 0 Å². The standard InChI is InChI=1S/C15H9F6N3/c16-14(17,18)8-4-6-9(7-5-8)22-13-23-11-3-1-2-10(12(11)24-13)15(19,20)21/h1-7H,(H2,22,23,24). The van der Waals surface area contributed by atoms with Gasteiger partial charge < -0.3 is 10.3 Å². The zero-order valence-electron chi connectivity index (χ0n) is 11.8. The van der Waals surface area contributed by atoms with Gasteiger partial charge in [-0.05, 0) is 36.4 Å². The van der Waals surface area contributed by atoms with Crippen molar-refractivity contribution in [1.29, 1.82) is 0 Å². The molecule has 0 radical (unpaired) electrons. The van der Waals surface area contributed by atoms with Gasteiger partial charge in [0.25, 0.3) is 0 Å². The molecule has 0 aliphatic rings. The highest BCUT2D eigenvalue weighted by molar-refractivity contribution is 5.82. The molecule has 3 rings (SSSR count). The summed E-state index contributed by atoms with van der Waals surface area (Å²) in [6.07, 6.45) is -9.01. The maximum atomic E-state index is 12.9. The third-order valence-corrected chi connectivity index (χ3v) is 3.29. The van der Waals surface area contributed by atoms with Gasteiger partial charge in [-0.3, -0.25) is 0 Å². The number of H-pyrrole nitrogens is 1. The average molecular weight is 345 g/mol. The smallest absolute Gasteiger partial charge is 0.326 e. The number of nitrogens with zero attached hydrogens (tertiary/aromatic N) is 1. The number of fused-ring (bicyclic) bond motifs is 1. The van der Waals surface area contributed by atoms with E-state index >= 15 is 0 Å². The predicted octanol–water partition coefficient (Wildman–Crippen LogP) is 5.34. The summed E-state index contributed by atoms with van der Waals surface area (Å²) in [5, 5.41) is 2.65. The summed E-state index contributed by atoms with van der Waals surface area (Å²) in [4.78, 5) is 6.49. The Kier molecular flexibility index (Phi) is 3.66. The van der Waals surface area contributed by atoms with E-state index in [0.717, 1.165) is 18.2 Å². The number of hydrogen-bond acceptors (Lipinski definition) is 2. The predicted molar refractivity (Wildman–Crippen MR) is 75.8 cm³/mol. The summed E-state index contributed by atoms with van der Waals surface area (Å²) >= 11 is 0. The van der Waals surface area contributed by atoms with Gasteiger partial charge >= 0.3 is 12.4 Å². The first-order valence-electron chi connectivity index (χ1n) is 6.65. The molecule has 2 N–H and O–H groups in total. The van der Waals surface area contributed by atoms with E-state index in [4.69, 9.17) is 0 Å². The molecule has 9 heteroatoms. The Morgan fingerprint density at radius 3 is 2.08 bits per heavy atom. The Balaban J connectivity index is 1.91. The first kappa shape index (κ1) is 16.2. The number of halogens is 6. The number of anilines is 2. The Morgan fingerprint density at radius 2 is 1.50 bits per heavy atom. The van der Waals surface area contributed by atoms with Gasteiger partial charge in [-0.1, -0.05) is 6.07 Å². The second-order valence-corrected chi connectivity index (χ2v) is 4.99. The minimum Gasteiger partial charge on any atom is -0.326 e. The van der Waals surface area contributed by atoms with Crippen LogP contribution in [0.3, 0.4) is 0 Å². The number of nitrogens with one attached hydrogen (secondary N) is 2. The van der Waals surface area contributed by atoms with Crippen LogP contribution >= 0.6 is 0 Å². The fraction of sp³-hybridized carbons (Fsp3) is 0.133. The second-order valence-electron chi connectivity index (χ2n) is 4.99. The van der Waals surface area contributed by atoms with Gasteiger partial charge in [0.15, 0.2) is 0 Å². The van der Waals surface area contributed by atoms with Gasteiger partial charge in [-0.25, -0.2) is 4.98 Å². The van der Waals surface area contributed by atoms with E-state index in [2.05, 4.69) is 15.3 Å². The van der Waals surface area contributed by atoms with Crippen molar-refractivity contribution in [2.75, 3.05) is 5.32 Å². The summed E-state index contributed by atoms with van der Waals surface area (Å²) in [5.74, 6) is 0.00135. The molecule has 1 heterocycles. The van der Waals surface area contributed by atoms with Crippen LogP contribution in [0.15, 0.2) is 42.5 Å². The molecule has 0 spiro atoms. The minimum atomic E-state index is -4.56. The van der Waals surface area contributed by atoms with Crippen molar-refractivity contribution < 1.29 is 26.3 Å². The fourth-order valence-electron chi connectivity index (χ4n) is 2.20. The van der Waals surface area contributed by atoms with Crippen molar-refractivity contribution in [2.24, 2.45) is 0 Å². The lowest BCUT2D eigenvalue weighted by Crippen LogP contribution is -2.05. The molecule has 0 saturated heterocycles. The molecule has 24 heavy (non-hydrogen) atoms. The zero-order chi connectivity index (χ0) is 17.5. The normalized spacial score (nSPS) is 12.6. The monoisotopic (exact) mass is 345 g/mol. The molecule has 1 aromatic heterocycles. The Morgan fingerprint density at radius 1 is 0.833 bits per heavy atom. The lowest BCUT2D eigenvalue weighted by atomic mass is 10.2. The average Bonchev–Trinajstić information content (AvgIpc) is 2.87. The molecule has 0 saturated carbocycles. The van der Waals surface area contributed by atoms with E-state index in [-0.39, 0.29) is 22.7 Å². The molecule has 0 aliphatic carbocycles. The van der Waals surface area contributed by atoms with Crippen LogP contribution in [0.4, 0.5) is 38.0 Å². The highest BCUT2D eigenvalue weighted by atomic mass is 19.4. The third kappa shape index (κ3) is 3.15. The first-order chi connectivity index (χ1) is 11.1. The van der Waals surface area contributed by atoms with E-state index in [1.54, 1.807) is 0 Å². The van der Waals surface area contributed by atoms with Crippen LogP contribution in [0, 0.1) is 0 Å². The minimum absolute atomic E-state index is 0.00135. The van der Waals surface area contributed by atoms with Gasteiger partial charge in [-0.2, -0.15) is 26.3 Å². The van der Waals surface area contributed by atoms with Crippen LogP contribution in [0.1, 0.15) is 11.1 Å². The molecular formula is C15H9F6N3. The van der Waals surface area contributed by atoms with E-state index < -0.39 is 23.5 Å². The van der Waals surface area contributed by atoms with E-state index in [9.17, 15) is 26.3 Å². The lowest BCUT2D eigenvalue weighted by Gasteiger charge is -2.08. The molecule has 0 unspecified atom stereocenters. The van der Waals surface area contributed by atoms with Gasteiger partial charge in [0.05, 0.1) is 16.6 Å². The molecule has 3 nitrogen and oxygen atoms in total. The molecule has 3 aromatic rings. The lowest BCUT2D eigenvalue weighted by molar-refractivity contribution is -0.138. The molecule has 0 fully saturated rings. The molecule has 0 amide bonds. The number of rotatable bonds is 2. The second kappa shape index (κ2) is 5.43. The van der Waals surface area contributed by atoms with Crippen LogP contribution in [-0.4, -0.2) is 9.97 Å². The van der Waals surface area contributed by atoms with Crippen molar-refractivity contribution in [1.82, 2.24) is 9.97 Å².